The highest BCUT2D eigenvalue weighted by molar-refractivity contribution is 5.90. The van der Waals surface area contributed by atoms with E-state index in [0.29, 0.717) is 5.69 Å². The largest absolute Gasteiger partial charge is 0.449 e. The first-order valence-corrected chi connectivity index (χ1v) is 6.25. The van der Waals surface area contributed by atoms with E-state index in [-0.39, 0.29) is 11.9 Å². The number of hydrogen-bond acceptors (Lipinski definition) is 4. The van der Waals surface area contributed by atoms with Gasteiger partial charge in [0.1, 0.15) is 0 Å². The van der Waals surface area contributed by atoms with Gasteiger partial charge in [-0.3, -0.25) is 9.78 Å². The minimum Gasteiger partial charge on any atom is -0.449 e. The van der Waals surface area contributed by atoms with Crippen LogP contribution in [0.4, 0.5) is 0 Å². The van der Waals surface area contributed by atoms with Gasteiger partial charge in [0.05, 0.1) is 5.69 Å². The topological polar surface area (TPSA) is 68.3 Å². The molecule has 2 rings (SSSR count). The van der Waals surface area contributed by atoms with E-state index in [0.717, 1.165) is 12.8 Å². The fourth-order valence-electron chi connectivity index (χ4n) is 1.44. The van der Waals surface area contributed by atoms with Crippen LogP contribution >= 0.6 is 0 Å². The molecule has 1 aromatic heterocycles. The van der Waals surface area contributed by atoms with E-state index in [1.807, 2.05) is 6.07 Å². The van der Waals surface area contributed by atoms with Gasteiger partial charge >= 0.3 is 5.97 Å². The second-order valence-corrected chi connectivity index (χ2v) is 4.45. The molecule has 1 amide bonds. The van der Waals surface area contributed by atoms with Crippen LogP contribution in [-0.2, 0) is 14.3 Å². The summed E-state index contributed by atoms with van der Waals surface area (Å²) in [6, 6.07) is 5.65. The summed E-state index contributed by atoms with van der Waals surface area (Å²) >= 11 is 0. The van der Waals surface area contributed by atoms with Gasteiger partial charge in [-0.15, -0.1) is 0 Å². The summed E-state index contributed by atoms with van der Waals surface area (Å²) in [5.74, 6) is -0.800. The van der Waals surface area contributed by atoms with E-state index in [1.165, 1.54) is 6.08 Å². The van der Waals surface area contributed by atoms with Gasteiger partial charge in [0.15, 0.2) is 6.10 Å². The molecule has 1 aliphatic carbocycles. The summed E-state index contributed by atoms with van der Waals surface area (Å²) in [6.07, 6.45) is 5.69. The smallest absolute Gasteiger partial charge is 0.331 e. The van der Waals surface area contributed by atoms with Crippen molar-refractivity contribution in [1.82, 2.24) is 10.3 Å². The first-order chi connectivity index (χ1) is 9.15. The maximum atomic E-state index is 11.6. The maximum absolute atomic E-state index is 11.6. The predicted octanol–water partition coefficient (Wildman–Crippen LogP) is 1.31. The maximum Gasteiger partial charge on any atom is 0.331 e. The van der Waals surface area contributed by atoms with Crippen LogP contribution in [0.25, 0.3) is 6.08 Å². The molecule has 5 nitrogen and oxygen atoms in total. The number of carbonyl (C=O) groups is 2. The number of nitrogens with one attached hydrogen (secondary N) is 1. The third kappa shape index (κ3) is 4.54. The van der Waals surface area contributed by atoms with Crippen LogP contribution in [0.15, 0.2) is 30.5 Å². The van der Waals surface area contributed by atoms with Crippen LogP contribution < -0.4 is 5.32 Å². The Hall–Kier alpha value is -2.17. The average Bonchev–Trinajstić information content (AvgIpc) is 3.21. The zero-order valence-corrected chi connectivity index (χ0v) is 10.7. The van der Waals surface area contributed by atoms with Crippen molar-refractivity contribution in [3.8, 4) is 0 Å². The Morgan fingerprint density at radius 1 is 1.47 bits per heavy atom. The van der Waals surface area contributed by atoms with Crippen molar-refractivity contribution in [1.29, 1.82) is 0 Å². The highest BCUT2D eigenvalue weighted by Crippen LogP contribution is 2.18. The van der Waals surface area contributed by atoms with E-state index in [9.17, 15) is 9.59 Å². The summed E-state index contributed by atoms with van der Waals surface area (Å²) in [4.78, 5) is 27.1. The summed E-state index contributed by atoms with van der Waals surface area (Å²) < 4.78 is 5.00. The lowest BCUT2D eigenvalue weighted by Gasteiger charge is -2.11. The molecule has 1 fully saturated rings. The number of aromatic nitrogens is 1. The summed E-state index contributed by atoms with van der Waals surface area (Å²) in [5.41, 5.74) is 0.662. The van der Waals surface area contributed by atoms with Crippen molar-refractivity contribution in [2.75, 3.05) is 0 Å². The number of esters is 1. The van der Waals surface area contributed by atoms with Crippen LogP contribution in [-0.4, -0.2) is 29.0 Å². The molecule has 0 spiro atoms. The Kier molecular flexibility index (Phi) is 4.28. The molecule has 5 heteroatoms. The molecule has 1 aromatic rings. The van der Waals surface area contributed by atoms with Crippen molar-refractivity contribution in [2.24, 2.45) is 0 Å². The molecule has 100 valence electrons. The van der Waals surface area contributed by atoms with Crippen LogP contribution in [0.5, 0.6) is 0 Å². The van der Waals surface area contributed by atoms with Crippen molar-refractivity contribution in [3.63, 3.8) is 0 Å². The van der Waals surface area contributed by atoms with E-state index >= 15 is 0 Å². The van der Waals surface area contributed by atoms with Crippen molar-refractivity contribution >= 4 is 18.0 Å². The highest BCUT2D eigenvalue weighted by atomic mass is 16.5. The fraction of sp³-hybridized carbons (Fsp3) is 0.357. The van der Waals surface area contributed by atoms with Crippen LogP contribution in [0.2, 0.25) is 0 Å². The third-order valence-electron chi connectivity index (χ3n) is 2.66. The Bertz CT molecular complexity index is 481. The number of hydrogen-bond donors (Lipinski definition) is 1. The average molecular weight is 260 g/mol. The number of ether oxygens (including phenoxy) is 1. The molecule has 0 saturated heterocycles. The molecule has 0 aromatic carbocycles. The first-order valence-electron chi connectivity index (χ1n) is 6.25. The van der Waals surface area contributed by atoms with Crippen LogP contribution in [0.3, 0.4) is 0 Å². The molecular formula is C14H16N2O3. The lowest BCUT2D eigenvalue weighted by molar-refractivity contribution is -0.150. The molecule has 1 heterocycles. The van der Waals surface area contributed by atoms with E-state index in [4.69, 9.17) is 4.74 Å². The normalized spacial score (nSPS) is 16.1. The zero-order valence-electron chi connectivity index (χ0n) is 10.7. The predicted molar refractivity (Wildman–Crippen MR) is 70.0 cm³/mol. The molecule has 1 atom stereocenters. The summed E-state index contributed by atoms with van der Waals surface area (Å²) in [7, 11) is 0. The van der Waals surface area contributed by atoms with E-state index < -0.39 is 12.1 Å². The second-order valence-electron chi connectivity index (χ2n) is 4.45. The molecule has 0 bridgehead atoms. The quantitative estimate of drug-likeness (QED) is 0.640. The molecule has 19 heavy (non-hydrogen) atoms. The molecule has 1 N–H and O–H groups in total. The van der Waals surface area contributed by atoms with Gasteiger partial charge in [0.25, 0.3) is 5.91 Å². The minimum absolute atomic E-state index is 0.248. The van der Waals surface area contributed by atoms with Gasteiger partial charge in [0, 0.05) is 18.3 Å². The first kappa shape index (κ1) is 13.3. The van der Waals surface area contributed by atoms with Gasteiger partial charge < -0.3 is 10.1 Å². The fourth-order valence-corrected chi connectivity index (χ4v) is 1.44. The summed E-state index contributed by atoms with van der Waals surface area (Å²) in [6.45, 7) is 1.56. The van der Waals surface area contributed by atoms with Gasteiger partial charge in [0.2, 0.25) is 0 Å². The molecular weight excluding hydrogens is 244 g/mol. The van der Waals surface area contributed by atoms with Crippen LogP contribution in [0, 0.1) is 0 Å². The van der Waals surface area contributed by atoms with E-state index in [2.05, 4.69) is 10.3 Å². The Balaban J connectivity index is 1.79. The molecule has 0 radical (unpaired) electrons. The number of carbonyl (C=O) groups excluding carboxylic acids is 2. The molecule has 0 unspecified atom stereocenters. The zero-order chi connectivity index (χ0) is 13.7. The van der Waals surface area contributed by atoms with Crippen molar-refractivity contribution < 1.29 is 14.3 Å². The number of nitrogens with zero attached hydrogens (tertiary/aromatic N) is 1. The number of amides is 1. The lowest BCUT2D eigenvalue weighted by atomic mass is 10.3. The molecule has 1 aliphatic rings. The minimum atomic E-state index is -0.776. The van der Waals surface area contributed by atoms with Gasteiger partial charge in [-0.1, -0.05) is 6.07 Å². The van der Waals surface area contributed by atoms with Gasteiger partial charge in [-0.05, 0) is 38.0 Å². The molecule has 0 aliphatic heterocycles. The number of pyridine rings is 1. The van der Waals surface area contributed by atoms with Gasteiger partial charge in [-0.25, -0.2) is 4.79 Å². The highest BCUT2D eigenvalue weighted by Gasteiger charge is 2.26. The van der Waals surface area contributed by atoms with Crippen molar-refractivity contribution in [3.05, 3.63) is 36.2 Å². The Labute approximate surface area is 111 Å². The third-order valence-corrected chi connectivity index (χ3v) is 2.66. The van der Waals surface area contributed by atoms with Gasteiger partial charge in [-0.2, -0.15) is 0 Å². The standard InChI is InChI=1S/C14H16N2O3/c1-10(14(18)16-12-5-6-12)19-13(17)8-7-11-4-2-3-9-15-11/h2-4,7-10,12H,5-6H2,1H3,(H,16,18)/b8-7-/t10-/m1/s1. The number of rotatable bonds is 5. The van der Waals surface area contributed by atoms with E-state index in [1.54, 1.807) is 31.3 Å². The Morgan fingerprint density at radius 3 is 2.89 bits per heavy atom. The van der Waals surface area contributed by atoms with Crippen molar-refractivity contribution in [2.45, 2.75) is 31.9 Å². The monoisotopic (exact) mass is 260 g/mol. The van der Waals surface area contributed by atoms with Crippen LogP contribution in [0.1, 0.15) is 25.5 Å². The second kappa shape index (κ2) is 6.13. The summed E-state index contributed by atoms with van der Waals surface area (Å²) in [5, 5.41) is 2.78. The Morgan fingerprint density at radius 2 is 2.26 bits per heavy atom. The SMILES string of the molecule is C[C@@H](OC(=O)/C=C\c1ccccn1)C(=O)NC1CC1. The molecule has 1 saturated carbocycles. The lowest BCUT2D eigenvalue weighted by Crippen LogP contribution is -2.36.